The second kappa shape index (κ2) is 6.65. The molecular weight excluding hydrogens is 291 g/mol. The highest BCUT2D eigenvalue weighted by molar-refractivity contribution is 5.85. The fourth-order valence-electron chi connectivity index (χ4n) is 2.85. The number of H-pyrrole nitrogens is 1. The number of carbonyl (C=O) groups excluding carboxylic acids is 1. The van der Waals surface area contributed by atoms with Crippen molar-refractivity contribution in [2.45, 2.75) is 19.8 Å². The van der Waals surface area contributed by atoms with E-state index in [0.717, 1.165) is 27.7 Å². The molecule has 2 aromatic carbocycles. The molecule has 0 saturated heterocycles. The molecule has 0 aliphatic heterocycles. The van der Waals surface area contributed by atoms with Crippen LogP contribution in [0.5, 0.6) is 0 Å². The minimum absolute atomic E-state index is 0.000116. The summed E-state index contributed by atoms with van der Waals surface area (Å²) in [6.07, 6.45) is 1.05. The third-order valence-corrected chi connectivity index (χ3v) is 3.99. The highest BCUT2D eigenvalue weighted by atomic mass is 19.1. The summed E-state index contributed by atoms with van der Waals surface area (Å²) in [5.74, 6) is -0.245. The Hall–Kier alpha value is -2.62. The fraction of sp³-hybridized carbons (Fsp3) is 0.211. The second-order valence-corrected chi connectivity index (χ2v) is 5.68. The normalized spacial score (nSPS) is 10.9. The van der Waals surface area contributed by atoms with Crippen LogP contribution in [0.4, 0.5) is 4.39 Å². The van der Waals surface area contributed by atoms with Crippen LogP contribution >= 0.6 is 0 Å². The van der Waals surface area contributed by atoms with Gasteiger partial charge in [-0.25, -0.2) is 4.39 Å². The van der Waals surface area contributed by atoms with Crippen LogP contribution in [0.25, 0.3) is 10.9 Å². The molecule has 4 heteroatoms. The number of benzene rings is 2. The maximum absolute atomic E-state index is 13.4. The molecule has 23 heavy (non-hydrogen) atoms. The third kappa shape index (κ3) is 3.59. The van der Waals surface area contributed by atoms with E-state index >= 15 is 0 Å². The van der Waals surface area contributed by atoms with E-state index in [0.29, 0.717) is 19.4 Å². The van der Waals surface area contributed by atoms with Gasteiger partial charge < -0.3 is 10.3 Å². The first-order valence-electron chi connectivity index (χ1n) is 7.71. The molecule has 2 N–H and O–H groups in total. The number of hydrogen-bond donors (Lipinski definition) is 2. The predicted molar refractivity (Wildman–Crippen MR) is 89.9 cm³/mol. The fourth-order valence-corrected chi connectivity index (χ4v) is 2.85. The zero-order valence-electron chi connectivity index (χ0n) is 13.0. The molecule has 0 aliphatic rings. The summed E-state index contributed by atoms with van der Waals surface area (Å²) in [6.45, 7) is 2.51. The van der Waals surface area contributed by atoms with Crippen LogP contribution in [0, 0.1) is 12.7 Å². The van der Waals surface area contributed by atoms with E-state index in [9.17, 15) is 9.18 Å². The number of carbonyl (C=O) groups is 1. The number of aromatic amines is 1. The molecule has 3 nitrogen and oxygen atoms in total. The minimum atomic E-state index is -0.245. The summed E-state index contributed by atoms with van der Waals surface area (Å²) in [5.41, 5.74) is 3.99. The van der Waals surface area contributed by atoms with Gasteiger partial charge in [-0.1, -0.05) is 30.3 Å². The third-order valence-electron chi connectivity index (χ3n) is 3.99. The molecule has 0 bridgehead atoms. The highest BCUT2D eigenvalue weighted by Crippen LogP contribution is 2.23. The van der Waals surface area contributed by atoms with Crippen LogP contribution in [0.2, 0.25) is 0 Å². The lowest BCUT2D eigenvalue weighted by molar-refractivity contribution is -0.120. The SMILES string of the molecule is Cc1[nH]c2ccc(F)cc2c1CCNC(=O)Cc1ccccc1. The smallest absolute Gasteiger partial charge is 0.224 e. The highest BCUT2D eigenvalue weighted by Gasteiger charge is 2.10. The number of aromatic nitrogens is 1. The van der Waals surface area contributed by atoms with Gasteiger partial charge in [0.1, 0.15) is 5.82 Å². The standard InChI is InChI=1S/C19H19FN2O/c1-13-16(17-12-15(20)7-8-18(17)22-13)9-10-21-19(23)11-14-5-3-2-4-6-14/h2-8,12,22H,9-11H2,1H3,(H,21,23). The first-order valence-corrected chi connectivity index (χ1v) is 7.71. The van der Waals surface area contributed by atoms with Crippen LogP contribution in [0.15, 0.2) is 48.5 Å². The summed E-state index contributed by atoms with van der Waals surface area (Å²) in [6, 6.07) is 14.4. The van der Waals surface area contributed by atoms with Crippen molar-refractivity contribution in [2.24, 2.45) is 0 Å². The Morgan fingerprint density at radius 1 is 1.17 bits per heavy atom. The number of rotatable bonds is 5. The molecule has 0 spiro atoms. The zero-order valence-corrected chi connectivity index (χ0v) is 13.0. The molecule has 1 heterocycles. The molecule has 3 aromatic rings. The van der Waals surface area contributed by atoms with Gasteiger partial charge in [0, 0.05) is 23.1 Å². The van der Waals surface area contributed by atoms with Crippen molar-refractivity contribution < 1.29 is 9.18 Å². The Balaban J connectivity index is 1.61. The van der Waals surface area contributed by atoms with Crippen molar-refractivity contribution in [3.63, 3.8) is 0 Å². The van der Waals surface area contributed by atoms with Gasteiger partial charge in [-0.3, -0.25) is 4.79 Å². The molecular formula is C19H19FN2O. The first kappa shape index (κ1) is 15.3. The minimum Gasteiger partial charge on any atom is -0.358 e. The summed E-state index contributed by atoms with van der Waals surface area (Å²) in [7, 11) is 0. The van der Waals surface area contributed by atoms with E-state index in [4.69, 9.17) is 0 Å². The first-order chi connectivity index (χ1) is 11.1. The topological polar surface area (TPSA) is 44.9 Å². The average Bonchev–Trinajstić information content (AvgIpc) is 2.84. The molecule has 1 aromatic heterocycles. The Bertz CT molecular complexity index is 824. The molecule has 0 saturated carbocycles. The van der Waals surface area contributed by atoms with Crippen LogP contribution in [-0.4, -0.2) is 17.4 Å². The molecule has 118 valence electrons. The lowest BCUT2D eigenvalue weighted by Gasteiger charge is -2.06. The van der Waals surface area contributed by atoms with E-state index < -0.39 is 0 Å². The summed E-state index contributed by atoms with van der Waals surface area (Å²) in [5, 5.41) is 3.82. The quantitative estimate of drug-likeness (QED) is 0.744. The molecule has 0 fully saturated rings. The van der Waals surface area contributed by atoms with Gasteiger partial charge >= 0.3 is 0 Å². The zero-order chi connectivity index (χ0) is 16.2. The summed E-state index contributed by atoms with van der Waals surface area (Å²) < 4.78 is 13.4. The molecule has 0 atom stereocenters. The lowest BCUT2D eigenvalue weighted by Crippen LogP contribution is -2.27. The van der Waals surface area contributed by atoms with Gasteiger partial charge in [-0.05, 0) is 42.7 Å². The van der Waals surface area contributed by atoms with Gasteiger partial charge in [0.15, 0.2) is 0 Å². The Morgan fingerprint density at radius 2 is 1.96 bits per heavy atom. The molecule has 3 rings (SSSR count). The van der Waals surface area contributed by atoms with Gasteiger partial charge in [-0.2, -0.15) is 0 Å². The number of amides is 1. The molecule has 0 unspecified atom stereocenters. The monoisotopic (exact) mass is 310 g/mol. The van der Waals surface area contributed by atoms with Crippen molar-refractivity contribution >= 4 is 16.8 Å². The largest absolute Gasteiger partial charge is 0.358 e. The number of halogens is 1. The van der Waals surface area contributed by atoms with Crippen molar-refractivity contribution in [1.82, 2.24) is 10.3 Å². The second-order valence-electron chi connectivity index (χ2n) is 5.68. The Morgan fingerprint density at radius 3 is 2.74 bits per heavy atom. The number of hydrogen-bond acceptors (Lipinski definition) is 1. The summed E-state index contributed by atoms with van der Waals surface area (Å²) in [4.78, 5) is 15.2. The van der Waals surface area contributed by atoms with E-state index in [-0.39, 0.29) is 11.7 Å². The van der Waals surface area contributed by atoms with Crippen LogP contribution in [-0.2, 0) is 17.6 Å². The lowest BCUT2D eigenvalue weighted by atomic mass is 10.1. The van der Waals surface area contributed by atoms with Gasteiger partial charge in [0.05, 0.1) is 6.42 Å². The summed E-state index contributed by atoms with van der Waals surface area (Å²) >= 11 is 0. The number of nitrogens with one attached hydrogen (secondary N) is 2. The number of aryl methyl sites for hydroxylation is 1. The maximum Gasteiger partial charge on any atom is 0.224 e. The van der Waals surface area contributed by atoms with Gasteiger partial charge in [0.2, 0.25) is 5.91 Å². The van der Waals surface area contributed by atoms with Crippen molar-refractivity contribution in [1.29, 1.82) is 0 Å². The maximum atomic E-state index is 13.4. The predicted octanol–water partition coefficient (Wildman–Crippen LogP) is 3.52. The van der Waals surface area contributed by atoms with Crippen molar-refractivity contribution in [3.05, 3.63) is 71.2 Å². The Kier molecular flexibility index (Phi) is 4.42. The van der Waals surface area contributed by atoms with Gasteiger partial charge in [-0.15, -0.1) is 0 Å². The average molecular weight is 310 g/mol. The molecule has 0 aliphatic carbocycles. The molecule has 0 radical (unpaired) electrons. The van der Waals surface area contributed by atoms with E-state index in [1.807, 2.05) is 37.3 Å². The van der Waals surface area contributed by atoms with E-state index in [1.165, 1.54) is 6.07 Å². The van der Waals surface area contributed by atoms with Crippen LogP contribution in [0.3, 0.4) is 0 Å². The number of fused-ring (bicyclic) bond motifs is 1. The van der Waals surface area contributed by atoms with E-state index in [1.54, 1.807) is 12.1 Å². The van der Waals surface area contributed by atoms with Crippen molar-refractivity contribution in [3.8, 4) is 0 Å². The van der Waals surface area contributed by atoms with Gasteiger partial charge in [0.25, 0.3) is 0 Å². The van der Waals surface area contributed by atoms with Crippen LogP contribution < -0.4 is 5.32 Å². The van der Waals surface area contributed by atoms with E-state index in [2.05, 4.69) is 10.3 Å². The molecule has 1 amide bonds. The van der Waals surface area contributed by atoms with Crippen LogP contribution in [0.1, 0.15) is 16.8 Å². The van der Waals surface area contributed by atoms with Crippen molar-refractivity contribution in [2.75, 3.05) is 6.54 Å². The Labute approximate surface area is 134 Å².